The predicted octanol–water partition coefficient (Wildman–Crippen LogP) is 3.01. The third kappa shape index (κ3) is 4.58. The molecule has 0 fully saturated rings. The van der Waals surface area contributed by atoms with Gasteiger partial charge in [-0.1, -0.05) is 66.7 Å². The molecule has 0 saturated carbocycles. The Morgan fingerprint density at radius 1 is 0.952 bits per heavy atom. The van der Waals surface area contributed by atoms with Crippen molar-refractivity contribution in [2.45, 2.75) is 6.42 Å². The van der Waals surface area contributed by atoms with E-state index < -0.39 is 0 Å². The number of ether oxygens (including phenoxy) is 1. The van der Waals surface area contributed by atoms with E-state index in [-0.39, 0.29) is 12.5 Å². The minimum Gasteiger partial charge on any atom is -0.464 e. The van der Waals surface area contributed by atoms with Gasteiger partial charge in [-0.3, -0.25) is 4.79 Å². The molecule has 0 unspecified atom stereocenters. The van der Waals surface area contributed by atoms with Crippen molar-refractivity contribution in [1.29, 1.82) is 0 Å². The highest BCUT2D eigenvalue weighted by Crippen LogP contribution is 2.23. The fourth-order valence-corrected chi connectivity index (χ4v) is 2.07. The summed E-state index contributed by atoms with van der Waals surface area (Å²) in [6.45, 7) is 0.271. The molecule has 2 aromatic carbocycles. The minimum atomic E-state index is -0.371. The summed E-state index contributed by atoms with van der Waals surface area (Å²) in [5, 5.41) is 0. The molecule has 0 amide bonds. The van der Waals surface area contributed by atoms with Crippen molar-refractivity contribution in [1.82, 2.24) is 0 Å². The Labute approximate surface area is 125 Å². The van der Waals surface area contributed by atoms with E-state index in [2.05, 4.69) is 30.3 Å². The Hall–Kier alpha value is -2.39. The van der Waals surface area contributed by atoms with Gasteiger partial charge in [-0.25, -0.2) is 0 Å². The summed E-state index contributed by atoms with van der Waals surface area (Å²) in [7, 11) is 0. The lowest BCUT2D eigenvalue weighted by Crippen LogP contribution is -2.17. The highest BCUT2D eigenvalue weighted by atomic mass is 16.5. The van der Waals surface area contributed by atoms with Gasteiger partial charge in [0.1, 0.15) is 0 Å². The molecule has 0 aliphatic rings. The molecule has 0 bridgehead atoms. The summed E-state index contributed by atoms with van der Waals surface area (Å²) in [6.07, 6.45) is 2.75. The molecule has 0 radical (unpaired) electrons. The lowest BCUT2D eigenvalue weighted by molar-refractivity contribution is -0.141. The Morgan fingerprint density at radius 2 is 1.48 bits per heavy atom. The van der Waals surface area contributed by atoms with Crippen LogP contribution < -0.4 is 5.73 Å². The first-order valence-electron chi connectivity index (χ1n) is 6.98. The van der Waals surface area contributed by atoms with Crippen molar-refractivity contribution in [3.8, 4) is 0 Å². The standard InChI is InChI=1S/C18H19NO2/c19-14-18(20)21-13-7-12-17(15-8-3-1-4-9-15)16-10-5-2-6-11-16/h1-6,8-12H,7,13-14,19H2. The summed E-state index contributed by atoms with van der Waals surface area (Å²) >= 11 is 0. The molecule has 0 spiro atoms. The topological polar surface area (TPSA) is 52.3 Å². The van der Waals surface area contributed by atoms with Crippen molar-refractivity contribution in [3.05, 3.63) is 77.9 Å². The Bertz CT molecular complexity index is 550. The predicted molar refractivity (Wildman–Crippen MR) is 84.6 cm³/mol. The molecule has 3 nitrogen and oxygen atoms in total. The highest BCUT2D eigenvalue weighted by Gasteiger charge is 2.04. The quantitative estimate of drug-likeness (QED) is 0.654. The van der Waals surface area contributed by atoms with E-state index in [0.29, 0.717) is 13.0 Å². The molecule has 2 N–H and O–H groups in total. The van der Waals surface area contributed by atoms with Crippen molar-refractivity contribution < 1.29 is 9.53 Å². The molecule has 0 aliphatic heterocycles. The van der Waals surface area contributed by atoms with Crippen molar-refractivity contribution in [3.63, 3.8) is 0 Å². The molecular weight excluding hydrogens is 262 g/mol. The number of hydrogen-bond donors (Lipinski definition) is 1. The summed E-state index contributed by atoms with van der Waals surface area (Å²) in [6, 6.07) is 20.3. The van der Waals surface area contributed by atoms with Crippen LogP contribution in [0, 0.1) is 0 Å². The van der Waals surface area contributed by atoms with Crippen LogP contribution in [-0.4, -0.2) is 19.1 Å². The van der Waals surface area contributed by atoms with E-state index in [1.54, 1.807) is 0 Å². The van der Waals surface area contributed by atoms with Crippen LogP contribution in [0.5, 0.6) is 0 Å². The Morgan fingerprint density at radius 3 is 1.95 bits per heavy atom. The maximum absolute atomic E-state index is 11.0. The molecule has 2 aromatic rings. The zero-order valence-electron chi connectivity index (χ0n) is 11.9. The number of nitrogens with two attached hydrogens (primary N) is 1. The van der Waals surface area contributed by atoms with Crippen LogP contribution in [-0.2, 0) is 9.53 Å². The number of hydrogen-bond acceptors (Lipinski definition) is 3. The van der Waals surface area contributed by atoms with Gasteiger partial charge >= 0.3 is 5.97 Å². The van der Waals surface area contributed by atoms with Crippen LogP contribution in [0.4, 0.5) is 0 Å². The van der Waals surface area contributed by atoms with Gasteiger partial charge in [0.2, 0.25) is 0 Å². The fourth-order valence-electron chi connectivity index (χ4n) is 2.07. The van der Waals surface area contributed by atoms with Crippen LogP contribution in [0.1, 0.15) is 17.5 Å². The average Bonchev–Trinajstić information content (AvgIpc) is 2.56. The number of carbonyl (C=O) groups is 1. The van der Waals surface area contributed by atoms with Gasteiger partial charge in [-0.05, 0) is 16.7 Å². The molecule has 108 valence electrons. The first kappa shape index (κ1) is 15.0. The summed E-state index contributed by atoms with van der Waals surface area (Å²) < 4.78 is 5.00. The fraction of sp³-hybridized carbons (Fsp3) is 0.167. The minimum absolute atomic E-state index is 0.0755. The first-order valence-corrected chi connectivity index (χ1v) is 6.98. The zero-order valence-corrected chi connectivity index (χ0v) is 11.9. The summed E-state index contributed by atoms with van der Waals surface area (Å²) in [5.74, 6) is -0.371. The third-order valence-electron chi connectivity index (χ3n) is 3.07. The van der Waals surface area contributed by atoms with Gasteiger partial charge in [0.15, 0.2) is 0 Å². The zero-order chi connectivity index (χ0) is 14.9. The van der Waals surface area contributed by atoms with Crippen molar-refractivity contribution in [2.75, 3.05) is 13.2 Å². The second-order valence-electron chi connectivity index (χ2n) is 4.56. The van der Waals surface area contributed by atoms with E-state index in [9.17, 15) is 4.79 Å². The van der Waals surface area contributed by atoms with Crippen LogP contribution in [0.2, 0.25) is 0 Å². The van der Waals surface area contributed by atoms with Gasteiger partial charge in [0, 0.05) is 6.42 Å². The second kappa shape index (κ2) is 8.02. The van der Waals surface area contributed by atoms with Crippen LogP contribution in [0.15, 0.2) is 66.7 Å². The highest BCUT2D eigenvalue weighted by molar-refractivity contribution is 5.79. The Kier molecular flexibility index (Phi) is 5.73. The number of rotatable bonds is 6. The van der Waals surface area contributed by atoms with Crippen LogP contribution >= 0.6 is 0 Å². The van der Waals surface area contributed by atoms with E-state index in [1.807, 2.05) is 36.4 Å². The molecule has 0 aromatic heterocycles. The largest absolute Gasteiger partial charge is 0.464 e. The second-order valence-corrected chi connectivity index (χ2v) is 4.56. The SMILES string of the molecule is NCC(=O)OCCC=C(c1ccccc1)c1ccccc1. The van der Waals surface area contributed by atoms with Crippen LogP contribution in [0.25, 0.3) is 5.57 Å². The molecule has 0 atom stereocenters. The molecule has 0 aliphatic carbocycles. The number of benzene rings is 2. The van der Waals surface area contributed by atoms with Gasteiger partial charge in [-0.2, -0.15) is 0 Å². The molecule has 0 saturated heterocycles. The molecule has 21 heavy (non-hydrogen) atoms. The number of esters is 1. The lowest BCUT2D eigenvalue weighted by Gasteiger charge is -2.09. The molecule has 2 rings (SSSR count). The summed E-state index contributed by atoms with van der Waals surface area (Å²) in [4.78, 5) is 11.0. The Balaban J connectivity index is 2.15. The maximum atomic E-state index is 11.0. The molecule has 3 heteroatoms. The van der Waals surface area contributed by atoms with Crippen molar-refractivity contribution >= 4 is 11.5 Å². The average molecular weight is 281 g/mol. The van der Waals surface area contributed by atoms with E-state index in [4.69, 9.17) is 10.5 Å². The first-order chi connectivity index (χ1) is 10.3. The lowest BCUT2D eigenvalue weighted by atomic mass is 9.97. The van der Waals surface area contributed by atoms with Crippen molar-refractivity contribution in [2.24, 2.45) is 5.73 Å². The van der Waals surface area contributed by atoms with Gasteiger partial charge < -0.3 is 10.5 Å². The van der Waals surface area contributed by atoms with Gasteiger partial charge in [-0.15, -0.1) is 0 Å². The number of carbonyl (C=O) groups excluding carboxylic acids is 1. The maximum Gasteiger partial charge on any atom is 0.319 e. The van der Waals surface area contributed by atoms with E-state index in [0.717, 1.165) is 16.7 Å². The van der Waals surface area contributed by atoms with Crippen LogP contribution in [0.3, 0.4) is 0 Å². The smallest absolute Gasteiger partial charge is 0.319 e. The van der Waals surface area contributed by atoms with E-state index >= 15 is 0 Å². The van der Waals surface area contributed by atoms with Gasteiger partial charge in [0.25, 0.3) is 0 Å². The van der Waals surface area contributed by atoms with E-state index in [1.165, 1.54) is 0 Å². The third-order valence-corrected chi connectivity index (χ3v) is 3.07. The molecular formula is C18H19NO2. The normalized spacial score (nSPS) is 9.95. The summed E-state index contributed by atoms with van der Waals surface area (Å²) in [5.41, 5.74) is 8.64. The molecule has 0 heterocycles. The monoisotopic (exact) mass is 281 g/mol. The van der Waals surface area contributed by atoms with Gasteiger partial charge in [0.05, 0.1) is 13.2 Å².